The Morgan fingerprint density at radius 3 is 2.76 bits per heavy atom. The number of rotatable bonds is 7. The molecule has 0 spiro atoms. The van der Waals surface area contributed by atoms with Crippen LogP contribution in [0.1, 0.15) is 22.2 Å². The molecular formula is C21H25N5O5S2. The van der Waals surface area contributed by atoms with Crippen molar-refractivity contribution in [1.29, 1.82) is 0 Å². The van der Waals surface area contributed by atoms with E-state index >= 15 is 0 Å². The van der Waals surface area contributed by atoms with Gasteiger partial charge in [0.15, 0.2) is 0 Å². The quantitative estimate of drug-likeness (QED) is 0.485. The van der Waals surface area contributed by atoms with E-state index in [1.54, 1.807) is 38.2 Å². The number of thiophene rings is 1. The van der Waals surface area contributed by atoms with Gasteiger partial charge in [-0.2, -0.15) is 4.31 Å². The number of pyridine rings is 1. The molecule has 3 aromatic heterocycles. The summed E-state index contributed by atoms with van der Waals surface area (Å²) in [5, 5.41) is 3.96. The number of ether oxygens (including phenoxy) is 1. The third kappa shape index (κ3) is 4.93. The van der Waals surface area contributed by atoms with Gasteiger partial charge in [-0.05, 0) is 37.6 Å². The number of hydrogen-bond donors (Lipinski definition) is 2. The van der Waals surface area contributed by atoms with Gasteiger partial charge in [-0.15, -0.1) is 11.3 Å². The van der Waals surface area contributed by atoms with Crippen LogP contribution in [0, 0.1) is 6.92 Å². The minimum Gasteiger partial charge on any atom is -0.462 e. The zero-order valence-electron chi connectivity index (χ0n) is 18.3. The smallest absolute Gasteiger partial charge is 0.348 e. The Hall–Kier alpha value is -2.80. The van der Waals surface area contributed by atoms with E-state index in [1.807, 2.05) is 4.90 Å². The summed E-state index contributed by atoms with van der Waals surface area (Å²) in [6.07, 6.45) is 3.08. The third-order valence-corrected chi connectivity index (χ3v) is 8.44. The van der Waals surface area contributed by atoms with Gasteiger partial charge in [0.1, 0.15) is 15.4 Å². The van der Waals surface area contributed by atoms with Gasteiger partial charge in [-0.3, -0.25) is 9.69 Å². The molecule has 0 aliphatic carbocycles. The molecule has 1 amide bonds. The van der Waals surface area contributed by atoms with Gasteiger partial charge >= 0.3 is 5.97 Å². The van der Waals surface area contributed by atoms with Crippen LogP contribution in [0.5, 0.6) is 0 Å². The molecule has 1 aliphatic heterocycles. The average molecular weight is 492 g/mol. The van der Waals surface area contributed by atoms with Crippen LogP contribution in [0.4, 0.5) is 5.00 Å². The molecular weight excluding hydrogens is 466 g/mol. The second-order valence-electron chi connectivity index (χ2n) is 7.62. The summed E-state index contributed by atoms with van der Waals surface area (Å²) in [6, 6.07) is 5.18. The molecule has 2 N–H and O–H groups in total. The van der Waals surface area contributed by atoms with Gasteiger partial charge in [-0.25, -0.2) is 18.2 Å². The number of aryl methyl sites for hydroxylation is 1. The molecule has 1 aliphatic rings. The first-order valence-electron chi connectivity index (χ1n) is 10.5. The predicted molar refractivity (Wildman–Crippen MR) is 125 cm³/mol. The fourth-order valence-corrected chi connectivity index (χ4v) is 6.29. The Balaban J connectivity index is 1.33. The van der Waals surface area contributed by atoms with Gasteiger partial charge in [0.25, 0.3) is 0 Å². The lowest BCUT2D eigenvalue weighted by Gasteiger charge is -2.33. The van der Waals surface area contributed by atoms with Crippen LogP contribution < -0.4 is 5.32 Å². The SMILES string of the molecule is CCOC(=O)c1sc(NC(=O)CN2CCN(S(=O)(=O)c3c[nH]c4ncccc34)CC2)cc1C. The van der Waals surface area contributed by atoms with E-state index in [-0.39, 0.29) is 37.0 Å². The minimum atomic E-state index is -3.67. The van der Waals surface area contributed by atoms with Gasteiger partial charge in [-0.1, -0.05) is 0 Å². The van der Waals surface area contributed by atoms with Crippen molar-refractivity contribution in [3.8, 4) is 0 Å². The molecule has 176 valence electrons. The number of aromatic nitrogens is 2. The van der Waals surface area contributed by atoms with Crippen molar-refractivity contribution in [2.45, 2.75) is 18.7 Å². The Bertz CT molecular complexity index is 1280. The summed E-state index contributed by atoms with van der Waals surface area (Å²) in [5.41, 5.74) is 1.28. The maximum atomic E-state index is 13.1. The highest BCUT2D eigenvalue weighted by Crippen LogP contribution is 2.28. The first-order chi connectivity index (χ1) is 15.8. The number of amides is 1. The molecule has 0 aromatic carbocycles. The number of hydrogen-bond acceptors (Lipinski definition) is 8. The molecule has 4 heterocycles. The highest BCUT2D eigenvalue weighted by molar-refractivity contribution is 7.89. The maximum absolute atomic E-state index is 13.1. The van der Waals surface area contributed by atoms with Crippen LogP contribution in [-0.4, -0.2) is 78.8 Å². The van der Waals surface area contributed by atoms with Crippen molar-refractivity contribution in [3.05, 3.63) is 41.0 Å². The number of carbonyl (C=O) groups is 2. The van der Waals surface area contributed by atoms with E-state index in [2.05, 4.69) is 15.3 Å². The number of carbonyl (C=O) groups excluding carboxylic acids is 2. The Kier molecular flexibility index (Phi) is 6.79. The van der Waals surface area contributed by atoms with E-state index in [0.29, 0.717) is 34.0 Å². The summed E-state index contributed by atoms with van der Waals surface area (Å²) in [6.45, 7) is 5.40. The zero-order chi connectivity index (χ0) is 23.6. The number of piperazine rings is 1. The van der Waals surface area contributed by atoms with Crippen LogP contribution in [-0.2, 0) is 19.6 Å². The molecule has 0 unspecified atom stereocenters. The third-order valence-electron chi connectivity index (χ3n) is 5.37. The number of aromatic amines is 1. The van der Waals surface area contributed by atoms with Crippen LogP contribution in [0.15, 0.2) is 35.5 Å². The van der Waals surface area contributed by atoms with Gasteiger partial charge in [0.05, 0.1) is 18.2 Å². The van der Waals surface area contributed by atoms with E-state index < -0.39 is 16.0 Å². The summed E-state index contributed by atoms with van der Waals surface area (Å²) >= 11 is 1.18. The second kappa shape index (κ2) is 9.59. The lowest BCUT2D eigenvalue weighted by Crippen LogP contribution is -2.50. The number of nitrogens with one attached hydrogen (secondary N) is 2. The first-order valence-corrected chi connectivity index (χ1v) is 12.8. The van der Waals surface area contributed by atoms with Crippen molar-refractivity contribution < 1.29 is 22.7 Å². The predicted octanol–water partition coefficient (Wildman–Crippen LogP) is 2.05. The molecule has 33 heavy (non-hydrogen) atoms. The number of nitrogens with zero attached hydrogens (tertiary/aromatic N) is 3. The largest absolute Gasteiger partial charge is 0.462 e. The summed E-state index contributed by atoms with van der Waals surface area (Å²) < 4.78 is 32.7. The number of esters is 1. The zero-order valence-corrected chi connectivity index (χ0v) is 20.0. The van der Waals surface area contributed by atoms with Crippen LogP contribution >= 0.6 is 11.3 Å². The van der Waals surface area contributed by atoms with Gasteiger partial charge in [0.2, 0.25) is 15.9 Å². The Morgan fingerprint density at radius 2 is 2.03 bits per heavy atom. The van der Waals surface area contributed by atoms with Crippen molar-refractivity contribution in [1.82, 2.24) is 19.2 Å². The lowest BCUT2D eigenvalue weighted by molar-refractivity contribution is -0.117. The first kappa shape index (κ1) is 23.4. The molecule has 0 atom stereocenters. The molecule has 3 aromatic rings. The van der Waals surface area contributed by atoms with Gasteiger partial charge < -0.3 is 15.0 Å². The summed E-state index contributed by atoms with van der Waals surface area (Å²) in [4.78, 5) is 34.1. The normalized spacial score (nSPS) is 15.6. The second-order valence-corrected chi connectivity index (χ2v) is 10.6. The molecule has 1 saturated heterocycles. The van der Waals surface area contributed by atoms with Crippen LogP contribution in [0.25, 0.3) is 11.0 Å². The van der Waals surface area contributed by atoms with Crippen molar-refractivity contribution >= 4 is 49.3 Å². The topological polar surface area (TPSA) is 125 Å². The van der Waals surface area contributed by atoms with E-state index in [1.165, 1.54) is 21.8 Å². The van der Waals surface area contributed by atoms with Crippen molar-refractivity contribution in [3.63, 3.8) is 0 Å². The summed E-state index contributed by atoms with van der Waals surface area (Å²) in [5.74, 6) is -0.616. The molecule has 0 saturated carbocycles. The Morgan fingerprint density at radius 1 is 1.27 bits per heavy atom. The number of H-pyrrole nitrogens is 1. The van der Waals surface area contributed by atoms with Crippen molar-refractivity contribution in [2.75, 3.05) is 44.6 Å². The minimum absolute atomic E-state index is 0.135. The Labute approximate surface area is 195 Å². The molecule has 10 nitrogen and oxygen atoms in total. The average Bonchev–Trinajstić information content (AvgIpc) is 3.38. The molecule has 1 fully saturated rings. The fourth-order valence-electron chi connectivity index (χ4n) is 3.73. The lowest BCUT2D eigenvalue weighted by atomic mass is 10.3. The molecule has 12 heteroatoms. The van der Waals surface area contributed by atoms with Gasteiger partial charge in [0, 0.05) is 44.0 Å². The highest BCUT2D eigenvalue weighted by Gasteiger charge is 2.31. The highest BCUT2D eigenvalue weighted by atomic mass is 32.2. The number of fused-ring (bicyclic) bond motifs is 1. The van der Waals surface area contributed by atoms with E-state index in [9.17, 15) is 18.0 Å². The molecule has 0 radical (unpaired) electrons. The number of anilines is 1. The van der Waals surface area contributed by atoms with Crippen molar-refractivity contribution in [2.24, 2.45) is 0 Å². The standard InChI is InChI=1S/C21H25N5O5S2/c1-3-31-21(28)19-14(2)11-18(32-19)24-17(27)13-25-7-9-26(10-8-25)33(29,30)16-12-23-20-15(16)5-4-6-22-20/h4-6,11-12H,3,7-10,13H2,1-2H3,(H,22,23)(H,24,27). The van der Waals surface area contributed by atoms with E-state index in [0.717, 1.165) is 5.56 Å². The van der Waals surface area contributed by atoms with Crippen LogP contribution in [0.2, 0.25) is 0 Å². The summed E-state index contributed by atoms with van der Waals surface area (Å²) in [7, 11) is -3.67. The maximum Gasteiger partial charge on any atom is 0.348 e. The number of sulfonamides is 1. The van der Waals surface area contributed by atoms with Crippen LogP contribution in [0.3, 0.4) is 0 Å². The monoisotopic (exact) mass is 491 g/mol. The molecule has 0 bridgehead atoms. The van der Waals surface area contributed by atoms with E-state index in [4.69, 9.17) is 4.74 Å². The molecule has 4 rings (SSSR count). The fraction of sp³-hybridized carbons (Fsp3) is 0.381.